The van der Waals surface area contributed by atoms with Crippen molar-refractivity contribution in [2.45, 2.75) is 31.2 Å². The summed E-state index contributed by atoms with van der Waals surface area (Å²) in [7, 11) is 0. The summed E-state index contributed by atoms with van der Waals surface area (Å²) in [4.78, 5) is 8.81. The Labute approximate surface area is 122 Å². The molecule has 0 aliphatic carbocycles. The van der Waals surface area contributed by atoms with Crippen molar-refractivity contribution in [2.24, 2.45) is 5.73 Å². The van der Waals surface area contributed by atoms with Crippen LogP contribution in [0.2, 0.25) is 0 Å². The molecule has 0 unspecified atom stereocenters. The molecule has 0 saturated heterocycles. The molecule has 0 spiro atoms. The highest BCUT2D eigenvalue weighted by Crippen LogP contribution is 2.25. The molecule has 20 heavy (non-hydrogen) atoms. The molecule has 0 bridgehead atoms. The highest BCUT2D eigenvalue weighted by molar-refractivity contribution is 7.98. The van der Waals surface area contributed by atoms with Gasteiger partial charge in [-0.1, -0.05) is 18.7 Å². The number of oxazole rings is 1. The molecule has 0 radical (unpaired) electrons. The molecule has 7 heteroatoms. The molecule has 2 aromatic rings. The van der Waals surface area contributed by atoms with Crippen LogP contribution in [0.1, 0.15) is 24.1 Å². The Kier molecular flexibility index (Phi) is 4.86. The van der Waals surface area contributed by atoms with Crippen LogP contribution in [-0.2, 0) is 12.2 Å². The first kappa shape index (κ1) is 14.7. The fourth-order valence-electron chi connectivity index (χ4n) is 1.81. The van der Waals surface area contributed by atoms with E-state index in [-0.39, 0.29) is 0 Å². The molecule has 0 atom stereocenters. The van der Waals surface area contributed by atoms with Gasteiger partial charge >= 0.3 is 0 Å². The van der Waals surface area contributed by atoms with Crippen LogP contribution in [0.25, 0.3) is 0 Å². The van der Waals surface area contributed by atoms with E-state index in [4.69, 9.17) is 15.9 Å². The molecule has 2 heterocycles. The Morgan fingerprint density at radius 1 is 1.35 bits per heavy atom. The summed E-state index contributed by atoms with van der Waals surface area (Å²) in [6.07, 6.45) is 0.848. The third-order valence-corrected chi connectivity index (χ3v) is 3.58. The lowest BCUT2D eigenvalue weighted by molar-refractivity contribution is 0.419. The van der Waals surface area contributed by atoms with Crippen LogP contribution in [0, 0.1) is 6.92 Å². The number of nitrogens with one attached hydrogen (secondary N) is 1. The summed E-state index contributed by atoms with van der Waals surface area (Å²) in [6.45, 7) is 4.32. The van der Waals surface area contributed by atoms with Gasteiger partial charge in [0.1, 0.15) is 11.6 Å². The van der Waals surface area contributed by atoms with E-state index in [2.05, 4.69) is 15.3 Å². The van der Waals surface area contributed by atoms with E-state index in [9.17, 15) is 0 Å². The average molecular weight is 293 g/mol. The van der Waals surface area contributed by atoms with Crippen molar-refractivity contribution in [3.63, 3.8) is 0 Å². The second-order valence-corrected chi connectivity index (χ2v) is 5.22. The van der Waals surface area contributed by atoms with Crippen LogP contribution < -0.4 is 16.8 Å². The maximum atomic E-state index is 5.84. The molecule has 0 saturated carbocycles. The van der Waals surface area contributed by atoms with Crippen LogP contribution in [0.5, 0.6) is 0 Å². The molecule has 5 N–H and O–H groups in total. The average Bonchev–Trinajstić information content (AvgIpc) is 2.77. The molecule has 0 aliphatic rings. The summed E-state index contributed by atoms with van der Waals surface area (Å²) in [6, 6.07) is 3.59. The first-order valence-corrected chi connectivity index (χ1v) is 7.40. The summed E-state index contributed by atoms with van der Waals surface area (Å²) in [5.74, 6) is 2.26. The number of thioether (sulfide) groups is 1. The van der Waals surface area contributed by atoms with Gasteiger partial charge in [0.25, 0.3) is 5.22 Å². The number of nitrogens with two attached hydrogens (primary N) is 2. The minimum absolute atomic E-state index is 0.321. The standard InChI is InChI=1S/C13H19N5OS/c1-3-11-8(2)17-13(19-11)20-6-10-4-9(15)5-12(18-10)16-7-14/h4-5H,3,6-7,14H2,1-2H3,(H3,15,16,18). The molecule has 0 amide bonds. The Bertz CT molecular complexity index is 584. The number of pyridine rings is 1. The van der Waals surface area contributed by atoms with Gasteiger partial charge in [0.2, 0.25) is 0 Å². The number of anilines is 2. The van der Waals surface area contributed by atoms with Crippen LogP contribution in [-0.4, -0.2) is 16.6 Å². The van der Waals surface area contributed by atoms with Crippen LogP contribution >= 0.6 is 11.8 Å². The van der Waals surface area contributed by atoms with E-state index in [1.807, 2.05) is 19.9 Å². The van der Waals surface area contributed by atoms with E-state index in [1.165, 1.54) is 11.8 Å². The summed E-state index contributed by atoms with van der Waals surface area (Å²) in [5.41, 5.74) is 13.7. The van der Waals surface area contributed by atoms with Crippen molar-refractivity contribution >= 4 is 23.3 Å². The maximum Gasteiger partial charge on any atom is 0.256 e. The first-order chi connectivity index (χ1) is 9.62. The summed E-state index contributed by atoms with van der Waals surface area (Å²) < 4.78 is 5.65. The second kappa shape index (κ2) is 6.62. The minimum atomic E-state index is 0.321. The molecular formula is C13H19N5OS. The predicted molar refractivity (Wildman–Crippen MR) is 81.5 cm³/mol. The summed E-state index contributed by atoms with van der Waals surface area (Å²) >= 11 is 1.50. The lowest BCUT2D eigenvalue weighted by Crippen LogP contribution is -2.12. The Balaban J connectivity index is 2.06. The van der Waals surface area contributed by atoms with Gasteiger partial charge in [0.15, 0.2) is 0 Å². The minimum Gasteiger partial charge on any atom is -0.436 e. The van der Waals surface area contributed by atoms with Crippen molar-refractivity contribution in [1.29, 1.82) is 0 Å². The van der Waals surface area contributed by atoms with Gasteiger partial charge in [0.05, 0.1) is 18.1 Å². The number of hydrogen-bond donors (Lipinski definition) is 3. The molecule has 6 nitrogen and oxygen atoms in total. The van der Waals surface area contributed by atoms with E-state index in [0.29, 0.717) is 29.1 Å². The zero-order valence-corrected chi connectivity index (χ0v) is 12.5. The third kappa shape index (κ3) is 3.64. The molecular weight excluding hydrogens is 274 g/mol. The molecule has 2 rings (SSSR count). The lowest BCUT2D eigenvalue weighted by Gasteiger charge is -2.06. The first-order valence-electron chi connectivity index (χ1n) is 6.41. The zero-order chi connectivity index (χ0) is 14.5. The van der Waals surface area contributed by atoms with Crippen molar-refractivity contribution in [1.82, 2.24) is 9.97 Å². The molecule has 0 aliphatic heterocycles. The van der Waals surface area contributed by atoms with Crippen molar-refractivity contribution in [2.75, 3.05) is 17.7 Å². The number of hydrogen-bond acceptors (Lipinski definition) is 7. The van der Waals surface area contributed by atoms with Crippen molar-refractivity contribution < 1.29 is 4.42 Å². The van der Waals surface area contributed by atoms with Gasteiger partial charge in [-0.2, -0.15) is 0 Å². The third-order valence-electron chi connectivity index (χ3n) is 2.72. The lowest BCUT2D eigenvalue weighted by atomic mass is 10.3. The highest BCUT2D eigenvalue weighted by atomic mass is 32.2. The highest BCUT2D eigenvalue weighted by Gasteiger charge is 2.09. The SMILES string of the molecule is CCc1oc(SCc2cc(N)cc(NCN)n2)nc1C. The topological polar surface area (TPSA) is 103 Å². The Morgan fingerprint density at radius 2 is 2.15 bits per heavy atom. The normalized spacial score (nSPS) is 10.8. The number of nitrogen functional groups attached to an aromatic ring is 1. The fourth-order valence-corrected chi connectivity index (χ4v) is 2.59. The van der Waals surface area contributed by atoms with E-state index < -0.39 is 0 Å². The molecule has 0 aromatic carbocycles. The molecule has 2 aromatic heterocycles. The molecule has 108 valence electrons. The largest absolute Gasteiger partial charge is 0.436 e. The Morgan fingerprint density at radius 3 is 2.80 bits per heavy atom. The van der Waals surface area contributed by atoms with Gasteiger partial charge in [-0.15, -0.1) is 0 Å². The summed E-state index contributed by atoms with van der Waals surface area (Å²) in [5, 5.41) is 3.61. The monoisotopic (exact) mass is 293 g/mol. The Hall–Kier alpha value is -1.73. The van der Waals surface area contributed by atoms with E-state index in [0.717, 1.165) is 23.6 Å². The van der Waals surface area contributed by atoms with Crippen LogP contribution in [0.4, 0.5) is 11.5 Å². The smallest absolute Gasteiger partial charge is 0.256 e. The number of aromatic nitrogens is 2. The maximum absolute atomic E-state index is 5.84. The van der Waals surface area contributed by atoms with Gasteiger partial charge in [-0.3, -0.25) is 0 Å². The van der Waals surface area contributed by atoms with Gasteiger partial charge in [0, 0.05) is 23.9 Å². The van der Waals surface area contributed by atoms with Crippen LogP contribution in [0.15, 0.2) is 21.8 Å². The van der Waals surface area contributed by atoms with Gasteiger partial charge < -0.3 is 21.2 Å². The molecule has 0 fully saturated rings. The van der Waals surface area contributed by atoms with E-state index >= 15 is 0 Å². The quantitative estimate of drug-likeness (QED) is 0.553. The van der Waals surface area contributed by atoms with Gasteiger partial charge in [-0.05, 0) is 13.0 Å². The number of aryl methyl sites for hydroxylation is 2. The predicted octanol–water partition coefficient (Wildman–Crippen LogP) is 2.14. The van der Waals surface area contributed by atoms with Crippen molar-refractivity contribution in [3.05, 3.63) is 29.3 Å². The fraction of sp³-hybridized carbons (Fsp3) is 0.385. The van der Waals surface area contributed by atoms with Crippen molar-refractivity contribution in [3.8, 4) is 0 Å². The number of rotatable bonds is 6. The zero-order valence-electron chi connectivity index (χ0n) is 11.6. The second-order valence-electron chi connectivity index (χ2n) is 4.29. The van der Waals surface area contributed by atoms with Crippen LogP contribution in [0.3, 0.4) is 0 Å². The van der Waals surface area contributed by atoms with Gasteiger partial charge in [-0.25, -0.2) is 9.97 Å². The van der Waals surface area contributed by atoms with E-state index in [1.54, 1.807) is 6.07 Å². The number of nitrogens with zero attached hydrogens (tertiary/aromatic N) is 2.